The molecule has 1 saturated heterocycles. The molecule has 0 bridgehead atoms. The van der Waals surface area contributed by atoms with Crippen LogP contribution in [0.25, 0.3) is 0 Å². The topological polar surface area (TPSA) is 28.2 Å². The summed E-state index contributed by atoms with van der Waals surface area (Å²) in [5.74, 6) is -0.428. The first kappa shape index (κ1) is 14.5. The van der Waals surface area contributed by atoms with Gasteiger partial charge in [-0.3, -0.25) is 0 Å². The van der Waals surface area contributed by atoms with Crippen LogP contribution in [-0.4, -0.2) is 24.1 Å². The first-order chi connectivity index (χ1) is 10.2. The van der Waals surface area contributed by atoms with Gasteiger partial charge in [0, 0.05) is 30.1 Å². The molecule has 1 aliphatic heterocycles. The van der Waals surface area contributed by atoms with E-state index in [9.17, 15) is 4.39 Å². The molecule has 3 nitrogen and oxygen atoms in total. The van der Waals surface area contributed by atoms with Crippen molar-refractivity contribution >= 4 is 21.6 Å². The fraction of sp³-hybridized carbons (Fsp3) is 0.312. The van der Waals surface area contributed by atoms with Gasteiger partial charge in [0.2, 0.25) is 5.95 Å². The third-order valence-corrected chi connectivity index (χ3v) is 4.24. The summed E-state index contributed by atoms with van der Waals surface area (Å²) in [6.45, 7) is 2.77. The number of aromatic nitrogens is 1. The Morgan fingerprint density at radius 1 is 1.33 bits per heavy atom. The second-order valence-corrected chi connectivity index (χ2v) is 6.20. The van der Waals surface area contributed by atoms with Crippen LogP contribution in [0.1, 0.15) is 12.0 Å². The van der Waals surface area contributed by atoms with Crippen molar-refractivity contribution in [2.75, 3.05) is 18.0 Å². The van der Waals surface area contributed by atoms with Gasteiger partial charge in [-0.1, -0.05) is 28.1 Å². The van der Waals surface area contributed by atoms with Crippen LogP contribution >= 0.6 is 15.9 Å². The fourth-order valence-electron chi connectivity index (χ4n) is 2.63. The summed E-state index contributed by atoms with van der Waals surface area (Å²) in [7, 11) is 0. The highest BCUT2D eigenvalue weighted by molar-refractivity contribution is 9.10. The van der Waals surface area contributed by atoms with Crippen LogP contribution < -0.4 is 10.2 Å². The smallest absolute Gasteiger partial charge is 0.212 e. The summed E-state index contributed by atoms with van der Waals surface area (Å²) in [6.07, 6.45) is 2.69. The summed E-state index contributed by atoms with van der Waals surface area (Å²) in [6, 6.07) is 12.0. The van der Waals surface area contributed by atoms with Crippen molar-refractivity contribution in [2.45, 2.75) is 19.0 Å². The van der Waals surface area contributed by atoms with Crippen molar-refractivity contribution < 1.29 is 4.39 Å². The minimum absolute atomic E-state index is 0.428. The number of rotatable bonds is 4. The van der Waals surface area contributed by atoms with E-state index in [4.69, 9.17) is 0 Å². The number of halogens is 2. The van der Waals surface area contributed by atoms with Crippen LogP contribution in [0, 0.1) is 5.95 Å². The minimum atomic E-state index is -0.428. The second-order valence-electron chi connectivity index (χ2n) is 5.28. The van der Waals surface area contributed by atoms with Crippen molar-refractivity contribution in [3.63, 3.8) is 0 Å². The SMILES string of the molecule is Fc1ccc(N2CC[C@H](NCc3cccc(Br)c3)C2)cn1. The Morgan fingerprint density at radius 2 is 2.24 bits per heavy atom. The number of hydrogen-bond donors (Lipinski definition) is 1. The van der Waals surface area contributed by atoms with Gasteiger partial charge in [0.1, 0.15) is 0 Å². The molecular formula is C16H17BrFN3. The Balaban J connectivity index is 1.54. The predicted molar refractivity (Wildman–Crippen MR) is 85.8 cm³/mol. The van der Waals surface area contributed by atoms with Gasteiger partial charge in [-0.25, -0.2) is 4.98 Å². The van der Waals surface area contributed by atoms with Crippen molar-refractivity contribution in [2.24, 2.45) is 0 Å². The van der Waals surface area contributed by atoms with Crippen LogP contribution in [0.2, 0.25) is 0 Å². The number of nitrogens with one attached hydrogen (secondary N) is 1. The molecule has 0 spiro atoms. The first-order valence-electron chi connectivity index (χ1n) is 7.05. The molecule has 2 heterocycles. The van der Waals surface area contributed by atoms with Crippen LogP contribution in [0.4, 0.5) is 10.1 Å². The molecule has 0 saturated carbocycles. The monoisotopic (exact) mass is 349 g/mol. The molecular weight excluding hydrogens is 333 g/mol. The predicted octanol–water partition coefficient (Wildman–Crippen LogP) is 3.35. The lowest BCUT2D eigenvalue weighted by Gasteiger charge is -2.18. The molecule has 1 aromatic heterocycles. The maximum Gasteiger partial charge on any atom is 0.212 e. The third kappa shape index (κ3) is 3.80. The highest BCUT2D eigenvalue weighted by Crippen LogP contribution is 2.20. The molecule has 0 amide bonds. The molecule has 1 aliphatic rings. The van der Waals surface area contributed by atoms with E-state index in [0.29, 0.717) is 6.04 Å². The number of hydrogen-bond acceptors (Lipinski definition) is 3. The molecule has 1 N–H and O–H groups in total. The summed E-state index contributed by atoms with van der Waals surface area (Å²) in [4.78, 5) is 5.96. The Hall–Kier alpha value is -1.46. The normalized spacial score (nSPS) is 18.2. The Morgan fingerprint density at radius 3 is 3.00 bits per heavy atom. The molecule has 1 fully saturated rings. The maximum atomic E-state index is 12.8. The Labute approximate surface area is 132 Å². The van der Waals surface area contributed by atoms with E-state index in [2.05, 4.69) is 43.3 Å². The number of nitrogens with zero attached hydrogens (tertiary/aromatic N) is 2. The second kappa shape index (κ2) is 6.54. The highest BCUT2D eigenvalue weighted by atomic mass is 79.9. The maximum absolute atomic E-state index is 12.8. The van der Waals surface area contributed by atoms with E-state index in [-0.39, 0.29) is 0 Å². The molecule has 2 aromatic rings. The van der Waals surface area contributed by atoms with E-state index in [1.807, 2.05) is 12.1 Å². The zero-order valence-electron chi connectivity index (χ0n) is 11.6. The molecule has 21 heavy (non-hydrogen) atoms. The summed E-state index contributed by atoms with van der Waals surface area (Å²) >= 11 is 3.49. The van der Waals surface area contributed by atoms with Gasteiger partial charge in [-0.05, 0) is 36.2 Å². The lowest BCUT2D eigenvalue weighted by molar-refractivity contribution is 0.551. The average molecular weight is 350 g/mol. The molecule has 110 valence electrons. The Bertz CT molecular complexity index is 603. The molecule has 5 heteroatoms. The summed E-state index contributed by atoms with van der Waals surface area (Å²) < 4.78 is 13.9. The quantitative estimate of drug-likeness (QED) is 0.858. The Kier molecular flexibility index (Phi) is 4.51. The van der Waals surface area contributed by atoms with Crippen molar-refractivity contribution in [1.29, 1.82) is 0 Å². The zero-order valence-corrected chi connectivity index (χ0v) is 13.2. The van der Waals surface area contributed by atoms with Gasteiger partial charge in [0.25, 0.3) is 0 Å². The molecule has 1 aromatic carbocycles. The molecule has 0 radical (unpaired) electrons. The number of pyridine rings is 1. The number of anilines is 1. The molecule has 0 unspecified atom stereocenters. The fourth-order valence-corrected chi connectivity index (χ4v) is 3.07. The van der Waals surface area contributed by atoms with E-state index in [0.717, 1.165) is 36.2 Å². The van der Waals surface area contributed by atoms with E-state index < -0.39 is 5.95 Å². The lowest BCUT2D eigenvalue weighted by Crippen LogP contribution is -2.32. The standard InChI is InChI=1S/C16H17BrFN3/c17-13-3-1-2-12(8-13)9-19-14-6-7-21(11-14)15-4-5-16(18)20-10-15/h1-5,8,10,14,19H,6-7,9,11H2/t14-/m0/s1. The van der Waals surface area contributed by atoms with Crippen LogP contribution in [0.3, 0.4) is 0 Å². The van der Waals surface area contributed by atoms with Gasteiger partial charge < -0.3 is 10.2 Å². The van der Waals surface area contributed by atoms with Gasteiger partial charge in [0.15, 0.2) is 0 Å². The van der Waals surface area contributed by atoms with Crippen molar-refractivity contribution in [3.8, 4) is 0 Å². The lowest BCUT2D eigenvalue weighted by atomic mass is 10.2. The minimum Gasteiger partial charge on any atom is -0.369 e. The third-order valence-electron chi connectivity index (χ3n) is 3.75. The highest BCUT2D eigenvalue weighted by Gasteiger charge is 2.22. The van der Waals surface area contributed by atoms with Gasteiger partial charge in [-0.15, -0.1) is 0 Å². The van der Waals surface area contributed by atoms with Gasteiger partial charge in [-0.2, -0.15) is 4.39 Å². The molecule has 3 rings (SSSR count). The van der Waals surface area contributed by atoms with Crippen LogP contribution in [-0.2, 0) is 6.54 Å². The van der Waals surface area contributed by atoms with E-state index in [1.165, 1.54) is 11.6 Å². The van der Waals surface area contributed by atoms with Crippen molar-refractivity contribution in [1.82, 2.24) is 10.3 Å². The zero-order chi connectivity index (χ0) is 14.7. The average Bonchev–Trinajstić information content (AvgIpc) is 2.95. The van der Waals surface area contributed by atoms with Gasteiger partial charge >= 0.3 is 0 Å². The molecule has 1 atom stereocenters. The first-order valence-corrected chi connectivity index (χ1v) is 7.84. The summed E-state index contributed by atoms with van der Waals surface area (Å²) in [5, 5.41) is 3.58. The van der Waals surface area contributed by atoms with E-state index in [1.54, 1.807) is 12.3 Å². The van der Waals surface area contributed by atoms with Gasteiger partial charge in [0.05, 0.1) is 11.9 Å². The largest absolute Gasteiger partial charge is 0.369 e. The molecule has 0 aliphatic carbocycles. The van der Waals surface area contributed by atoms with Crippen molar-refractivity contribution in [3.05, 3.63) is 58.6 Å². The van der Waals surface area contributed by atoms with Crippen LogP contribution in [0.5, 0.6) is 0 Å². The van der Waals surface area contributed by atoms with E-state index >= 15 is 0 Å². The van der Waals surface area contributed by atoms with Crippen LogP contribution in [0.15, 0.2) is 47.1 Å². The summed E-state index contributed by atoms with van der Waals surface area (Å²) in [5.41, 5.74) is 2.26. The number of benzene rings is 1.